The van der Waals surface area contributed by atoms with E-state index in [9.17, 15) is 8.42 Å². The van der Waals surface area contributed by atoms with E-state index < -0.39 is 10.0 Å². The van der Waals surface area contributed by atoms with Crippen molar-refractivity contribution in [2.24, 2.45) is 17.3 Å². The Balaban J connectivity index is 1.93. The van der Waals surface area contributed by atoms with Crippen molar-refractivity contribution in [3.63, 3.8) is 0 Å². The average Bonchev–Trinajstić information content (AvgIpc) is 2.97. The highest BCUT2D eigenvalue weighted by atomic mass is 32.2. The standard InChI is InChI=1S/C15H30N2O2S/c1-5-16-14(13-10-15(13,2)3)9-12-7-6-8-17(11-12)20(4,18)19/h12-14,16H,5-11H2,1-4H3. The summed E-state index contributed by atoms with van der Waals surface area (Å²) in [6, 6.07) is 0.555. The van der Waals surface area contributed by atoms with Crippen molar-refractivity contribution in [3.05, 3.63) is 0 Å². The van der Waals surface area contributed by atoms with E-state index in [0.717, 1.165) is 25.3 Å². The number of nitrogens with zero attached hydrogens (tertiary/aromatic N) is 1. The molecule has 5 heteroatoms. The maximum atomic E-state index is 11.7. The molecule has 118 valence electrons. The van der Waals surface area contributed by atoms with Crippen LogP contribution in [0.3, 0.4) is 0 Å². The Morgan fingerprint density at radius 3 is 2.55 bits per heavy atom. The molecular weight excluding hydrogens is 272 g/mol. The van der Waals surface area contributed by atoms with Gasteiger partial charge in [0.05, 0.1) is 6.26 Å². The van der Waals surface area contributed by atoms with Crippen molar-refractivity contribution in [1.29, 1.82) is 0 Å². The Labute approximate surface area is 124 Å². The number of nitrogens with one attached hydrogen (secondary N) is 1. The van der Waals surface area contributed by atoms with Crippen molar-refractivity contribution in [1.82, 2.24) is 9.62 Å². The summed E-state index contributed by atoms with van der Waals surface area (Å²) in [4.78, 5) is 0. The van der Waals surface area contributed by atoms with Gasteiger partial charge < -0.3 is 5.32 Å². The molecule has 1 saturated heterocycles. The van der Waals surface area contributed by atoms with Gasteiger partial charge in [0.15, 0.2) is 0 Å². The molecule has 2 rings (SSSR count). The zero-order valence-electron chi connectivity index (χ0n) is 13.4. The molecule has 0 aromatic carbocycles. The Morgan fingerprint density at radius 1 is 1.40 bits per heavy atom. The first kappa shape index (κ1) is 16.2. The monoisotopic (exact) mass is 302 g/mol. The molecule has 20 heavy (non-hydrogen) atoms. The molecule has 1 aliphatic carbocycles. The predicted molar refractivity (Wildman–Crippen MR) is 83.1 cm³/mol. The van der Waals surface area contributed by atoms with Crippen LogP contribution in [0.15, 0.2) is 0 Å². The van der Waals surface area contributed by atoms with Gasteiger partial charge in [0, 0.05) is 19.1 Å². The van der Waals surface area contributed by atoms with Crippen LogP contribution in [0, 0.1) is 17.3 Å². The average molecular weight is 302 g/mol. The number of rotatable bonds is 6. The summed E-state index contributed by atoms with van der Waals surface area (Å²) in [6.07, 6.45) is 5.92. The smallest absolute Gasteiger partial charge is 0.211 e. The number of hydrogen-bond donors (Lipinski definition) is 1. The van der Waals surface area contributed by atoms with Gasteiger partial charge in [-0.3, -0.25) is 0 Å². The Morgan fingerprint density at radius 2 is 2.05 bits per heavy atom. The molecule has 1 aliphatic heterocycles. The lowest BCUT2D eigenvalue weighted by Crippen LogP contribution is -2.42. The van der Waals surface area contributed by atoms with Gasteiger partial charge in [0.1, 0.15) is 0 Å². The summed E-state index contributed by atoms with van der Waals surface area (Å²) in [5, 5.41) is 3.63. The van der Waals surface area contributed by atoms with E-state index in [2.05, 4.69) is 26.1 Å². The van der Waals surface area contributed by atoms with E-state index in [4.69, 9.17) is 0 Å². The van der Waals surface area contributed by atoms with Gasteiger partial charge in [-0.15, -0.1) is 0 Å². The van der Waals surface area contributed by atoms with Crippen molar-refractivity contribution in [3.8, 4) is 0 Å². The van der Waals surface area contributed by atoms with Gasteiger partial charge in [-0.05, 0) is 49.5 Å². The molecule has 1 heterocycles. The second-order valence-corrected chi connectivity index (χ2v) is 9.31. The lowest BCUT2D eigenvalue weighted by Gasteiger charge is -2.33. The number of hydrogen-bond acceptors (Lipinski definition) is 3. The molecule has 0 aromatic heterocycles. The van der Waals surface area contributed by atoms with Crippen molar-refractivity contribution < 1.29 is 8.42 Å². The summed E-state index contributed by atoms with van der Waals surface area (Å²) in [7, 11) is -3.02. The summed E-state index contributed by atoms with van der Waals surface area (Å²) < 4.78 is 25.1. The minimum Gasteiger partial charge on any atom is -0.314 e. The first-order valence-electron chi connectivity index (χ1n) is 7.92. The van der Waals surface area contributed by atoms with Crippen LogP contribution in [0.4, 0.5) is 0 Å². The molecule has 0 radical (unpaired) electrons. The predicted octanol–water partition coefficient (Wildman–Crippen LogP) is 2.07. The van der Waals surface area contributed by atoms with Crippen LogP contribution in [-0.4, -0.2) is 44.7 Å². The fourth-order valence-corrected chi connectivity index (χ4v) is 4.67. The molecule has 1 N–H and O–H groups in total. The van der Waals surface area contributed by atoms with Crippen molar-refractivity contribution >= 4 is 10.0 Å². The van der Waals surface area contributed by atoms with Crippen LogP contribution in [0.25, 0.3) is 0 Å². The van der Waals surface area contributed by atoms with Crippen molar-refractivity contribution in [2.45, 2.75) is 52.5 Å². The molecule has 2 aliphatic rings. The topological polar surface area (TPSA) is 49.4 Å². The van der Waals surface area contributed by atoms with E-state index in [1.54, 1.807) is 4.31 Å². The van der Waals surface area contributed by atoms with Crippen LogP contribution in [0.1, 0.15) is 46.5 Å². The van der Waals surface area contributed by atoms with Gasteiger partial charge >= 0.3 is 0 Å². The Hall–Kier alpha value is -0.130. The summed E-state index contributed by atoms with van der Waals surface area (Å²) >= 11 is 0. The maximum absolute atomic E-state index is 11.7. The van der Waals surface area contributed by atoms with Crippen LogP contribution in [0.2, 0.25) is 0 Å². The van der Waals surface area contributed by atoms with Gasteiger partial charge in [-0.2, -0.15) is 0 Å². The largest absolute Gasteiger partial charge is 0.314 e. The summed E-state index contributed by atoms with van der Waals surface area (Å²) in [5.41, 5.74) is 0.470. The fraction of sp³-hybridized carbons (Fsp3) is 1.00. The van der Waals surface area contributed by atoms with E-state index >= 15 is 0 Å². The third kappa shape index (κ3) is 3.95. The Bertz CT molecular complexity index is 433. The first-order valence-corrected chi connectivity index (χ1v) is 9.77. The highest BCUT2D eigenvalue weighted by Gasteiger charge is 2.50. The molecule has 0 bridgehead atoms. The third-order valence-corrected chi connectivity index (χ3v) is 6.35. The first-order chi connectivity index (χ1) is 9.24. The molecule has 0 amide bonds. The second-order valence-electron chi connectivity index (χ2n) is 7.33. The zero-order valence-corrected chi connectivity index (χ0v) is 14.2. The molecule has 3 atom stereocenters. The molecule has 4 nitrogen and oxygen atoms in total. The number of sulfonamides is 1. The lowest BCUT2D eigenvalue weighted by molar-refractivity contribution is 0.226. The van der Waals surface area contributed by atoms with Crippen LogP contribution in [0.5, 0.6) is 0 Å². The van der Waals surface area contributed by atoms with Gasteiger partial charge in [-0.1, -0.05) is 20.8 Å². The van der Waals surface area contributed by atoms with Crippen molar-refractivity contribution in [2.75, 3.05) is 25.9 Å². The highest BCUT2D eigenvalue weighted by Crippen LogP contribution is 2.54. The van der Waals surface area contributed by atoms with Gasteiger partial charge in [-0.25, -0.2) is 12.7 Å². The minimum absolute atomic E-state index is 0.470. The molecule has 2 fully saturated rings. The molecule has 0 spiro atoms. The van der Waals surface area contributed by atoms with E-state index in [1.807, 2.05) is 0 Å². The summed E-state index contributed by atoms with van der Waals surface area (Å²) in [5.74, 6) is 1.27. The van der Waals surface area contributed by atoms with Gasteiger partial charge in [0.25, 0.3) is 0 Å². The molecular formula is C15H30N2O2S. The molecule has 3 unspecified atom stereocenters. The normalized spacial score (nSPS) is 32.0. The molecule has 1 saturated carbocycles. The van der Waals surface area contributed by atoms with E-state index in [-0.39, 0.29) is 0 Å². The number of piperidine rings is 1. The van der Waals surface area contributed by atoms with Crippen LogP contribution >= 0.6 is 0 Å². The second kappa shape index (κ2) is 5.93. The minimum atomic E-state index is -3.02. The van der Waals surface area contributed by atoms with Crippen LogP contribution < -0.4 is 5.32 Å². The quantitative estimate of drug-likeness (QED) is 0.817. The zero-order chi connectivity index (χ0) is 15.0. The fourth-order valence-electron chi connectivity index (χ4n) is 3.73. The maximum Gasteiger partial charge on any atom is 0.211 e. The van der Waals surface area contributed by atoms with E-state index in [1.165, 1.54) is 19.1 Å². The lowest BCUT2D eigenvalue weighted by atomic mass is 9.89. The third-order valence-electron chi connectivity index (χ3n) is 5.08. The van der Waals surface area contributed by atoms with E-state index in [0.29, 0.717) is 30.5 Å². The SMILES string of the molecule is CCNC(CC1CCCN(S(C)(=O)=O)C1)C1CC1(C)C. The van der Waals surface area contributed by atoms with Gasteiger partial charge in [0.2, 0.25) is 10.0 Å². The van der Waals surface area contributed by atoms with Crippen LogP contribution in [-0.2, 0) is 10.0 Å². The highest BCUT2D eigenvalue weighted by molar-refractivity contribution is 7.88. The Kier molecular flexibility index (Phi) is 4.82. The molecule has 0 aromatic rings. The summed E-state index contributed by atoms with van der Waals surface area (Å²) in [6.45, 7) is 9.26.